The number of benzene rings is 2. The summed E-state index contributed by atoms with van der Waals surface area (Å²) in [6.07, 6.45) is 0. The van der Waals surface area contributed by atoms with Crippen LogP contribution in [-0.2, 0) is 45.2 Å². The average Bonchev–Trinajstić information content (AvgIpc) is 3.13. The highest BCUT2D eigenvalue weighted by atomic mass is 16.6. The molecule has 4 aliphatic rings. The molecule has 4 aliphatic heterocycles. The second-order valence-corrected chi connectivity index (χ2v) is 10.1. The number of non-ortho nitro benzene ring substituents is 2. The van der Waals surface area contributed by atoms with Gasteiger partial charge in [0.1, 0.15) is 0 Å². The highest BCUT2D eigenvalue weighted by Crippen LogP contribution is 2.57. The van der Waals surface area contributed by atoms with Gasteiger partial charge in [0.05, 0.1) is 49.2 Å². The Labute approximate surface area is 237 Å². The van der Waals surface area contributed by atoms with E-state index in [-0.39, 0.29) is 50.8 Å². The number of amides is 4. The van der Waals surface area contributed by atoms with Crippen molar-refractivity contribution in [3.63, 3.8) is 0 Å². The molecule has 0 radical (unpaired) electrons. The van der Waals surface area contributed by atoms with Gasteiger partial charge in [-0.05, 0) is 36.1 Å². The lowest BCUT2D eigenvalue weighted by Gasteiger charge is -2.43. The number of ether oxygens (including phenoxy) is 2. The number of carbonyl (C=O) groups is 4. The van der Waals surface area contributed by atoms with E-state index in [2.05, 4.69) is 0 Å². The average molecular weight is 581 g/mol. The maximum absolute atomic E-state index is 14.4. The molecule has 0 unspecified atom stereocenters. The van der Waals surface area contributed by atoms with Crippen LogP contribution in [0.4, 0.5) is 21.0 Å². The number of nitrogens with zero attached hydrogens (tertiary/aromatic N) is 6. The third-order valence-electron chi connectivity index (χ3n) is 8.21. The standard InChI is InChI=1S/C26H24N6O10/c1-3-41-21(33)25-26(22(34)42-4-2)28-12-16-6-8-20(32(39)40)10-18(16)14-30(26)24(36)29(25)13-17-9-19(31(37)38)7-5-15(17)11-27(25)23(28)35/h5-10H,3-4,11-14H2,1-2H3/t25-,26+. The molecule has 218 valence electrons. The first-order valence-electron chi connectivity index (χ1n) is 13.1. The fraction of sp³-hybridized carbons (Fsp3) is 0.385. The van der Waals surface area contributed by atoms with E-state index in [9.17, 15) is 39.4 Å². The normalized spacial score (nSPS) is 23.5. The van der Waals surface area contributed by atoms with Crippen molar-refractivity contribution in [2.45, 2.75) is 51.4 Å². The summed E-state index contributed by atoms with van der Waals surface area (Å²) in [4.78, 5) is 83.5. The van der Waals surface area contributed by atoms with Gasteiger partial charge in [0.15, 0.2) is 0 Å². The maximum atomic E-state index is 14.4. The van der Waals surface area contributed by atoms with Gasteiger partial charge in [-0.3, -0.25) is 39.8 Å². The second kappa shape index (κ2) is 9.12. The minimum atomic E-state index is -2.40. The third kappa shape index (κ3) is 3.16. The lowest BCUT2D eigenvalue weighted by atomic mass is 9.90. The number of fused-ring (bicyclic) bond motifs is 2. The van der Waals surface area contributed by atoms with E-state index < -0.39 is 45.2 Å². The Kier molecular flexibility index (Phi) is 5.84. The summed E-state index contributed by atoms with van der Waals surface area (Å²) >= 11 is 0. The van der Waals surface area contributed by atoms with Crippen LogP contribution < -0.4 is 0 Å². The number of hydrogen-bond donors (Lipinski definition) is 0. The van der Waals surface area contributed by atoms with Gasteiger partial charge in [-0.25, -0.2) is 19.2 Å². The van der Waals surface area contributed by atoms with Gasteiger partial charge in [0, 0.05) is 24.3 Å². The fourth-order valence-electron chi connectivity index (χ4n) is 6.54. The van der Waals surface area contributed by atoms with E-state index >= 15 is 0 Å². The molecule has 6 rings (SSSR count). The maximum Gasteiger partial charge on any atom is 0.358 e. The first-order valence-corrected chi connectivity index (χ1v) is 13.1. The van der Waals surface area contributed by atoms with E-state index in [1.165, 1.54) is 50.2 Å². The first-order chi connectivity index (χ1) is 20.0. The molecule has 0 saturated carbocycles. The van der Waals surface area contributed by atoms with Crippen molar-refractivity contribution >= 4 is 35.4 Å². The van der Waals surface area contributed by atoms with Crippen molar-refractivity contribution in [1.82, 2.24) is 19.6 Å². The number of carbonyl (C=O) groups excluding carboxylic acids is 4. The van der Waals surface area contributed by atoms with Crippen molar-refractivity contribution in [3.05, 3.63) is 78.9 Å². The van der Waals surface area contributed by atoms with E-state index in [0.29, 0.717) is 22.3 Å². The summed E-state index contributed by atoms with van der Waals surface area (Å²) in [7, 11) is 0. The van der Waals surface area contributed by atoms with E-state index in [1.54, 1.807) is 0 Å². The molecule has 0 aliphatic carbocycles. The minimum absolute atomic E-state index is 0.158. The van der Waals surface area contributed by atoms with Crippen LogP contribution in [0, 0.1) is 20.2 Å². The van der Waals surface area contributed by atoms with Crippen LogP contribution in [0.15, 0.2) is 36.4 Å². The Morgan fingerprint density at radius 2 is 1.02 bits per heavy atom. The monoisotopic (exact) mass is 580 g/mol. The van der Waals surface area contributed by atoms with Crippen molar-refractivity contribution in [2.24, 2.45) is 0 Å². The topological polar surface area (TPSA) is 186 Å². The zero-order chi connectivity index (χ0) is 30.1. The molecule has 16 nitrogen and oxygen atoms in total. The van der Waals surface area contributed by atoms with Crippen LogP contribution >= 0.6 is 0 Å². The molecular weight excluding hydrogens is 556 g/mol. The quantitative estimate of drug-likeness (QED) is 0.279. The van der Waals surface area contributed by atoms with E-state index in [0.717, 1.165) is 19.6 Å². The molecule has 0 N–H and O–H groups in total. The Morgan fingerprint density at radius 1 is 0.690 bits per heavy atom. The molecule has 2 fully saturated rings. The number of nitro groups is 2. The lowest BCUT2D eigenvalue weighted by molar-refractivity contribution is -0.385. The number of hydrogen-bond acceptors (Lipinski definition) is 10. The van der Waals surface area contributed by atoms with Gasteiger partial charge in [-0.1, -0.05) is 12.1 Å². The first kappa shape index (κ1) is 26.9. The molecule has 4 heterocycles. The highest BCUT2D eigenvalue weighted by Gasteiger charge is 2.87. The van der Waals surface area contributed by atoms with Crippen LogP contribution in [0.3, 0.4) is 0 Å². The molecular formula is C26H24N6O10. The van der Waals surface area contributed by atoms with Crippen molar-refractivity contribution in [3.8, 4) is 0 Å². The van der Waals surface area contributed by atoms with Crippen molar-refractivity contribution in [1.29, 1.82) is 0 Å². The van der Waals surface area contributed by atoms with Gasteiger partial charge in [0.25, 0.3) is 22.7 Å². The SMILES string of the molecule is CCOC(=O)[C@]12N3Cc4ccc([N+](=O)[O-])cc4CN1C(=O)N1Cc4cc([N+](=O)[O-])ccc4CN(C3=O)[C@]12C(=O)OCC. The second-order valence-electron chi connectivity index (χ2n) is 10.1. The van der Waals surface area contributed by atoms with E-state index in [1.807, 2.05) is 0 Å². The lowest BCUT2D eigenvalue weighted by Crippen LogP contribution is -2.75. The minimum Gasteiger partial charge on any atom is -0.463 e. The highest BCUT2D eigenvalue weighted by molar-refractivity contribution is 6.09. The molecule has 4 amide bonds. The van der Waals surface area contributed by atoms with Crippen LogP contribution in [0.2, 0.25) is 0 Å². The summed E-state index contributed by atoms with van der Waals surface area (Å²) in [5, 5.41) is 23.1. The van der Waals surface area contributed by atoms with Gasteiger partial charge in [-0.15, -0.1) is 0 Å². The summed E-state index contributed by atoms with van der Waals surface area (Å²) in [6.45, 7) is 1.41. The molecule has 0 aromatic heterocycles. The Bertz CT molecular complexity index is 1500. The fourth-order valence-corrected chi connectivity index (χ4v) is 6.54. The predicted molar refractivity (Wildman–Crippen MR) is 138 cm³/mol. The van der Waals surface area contributed by atoms with Crippen molar-refractivity contribution in [2.75, 3.05) is 13.2 Å². The third-order valence-corrected chi connectivity index (χ3v) is 8.21. The Morgan fingerprint density at radius 3 is 1.33 bits per heavy atom. The van der Waals surface area contributed by atoms with Crippen molar-refractivity contribution < 1.29 is 38.5 Å². The summed E-state index contributed by atoms with van der Waals surface area (Å²) in [5.74, 6) is -2.13. The summed E-state index contributed by atoms with van der Waals surface area (Å²) < 4.78 is 11.0. The number of nitro benzene ring substituents is 2. The summed E-state index contributed by atoms with van der Waals surface area (Å²) in [5.41, 5.74) is -3.88. The molecule has 2 aromatic carbocycles. The Hall–Kier alpha value is -5.28. The molecule has 0 bridgehead atoms. The molecule has 2 saturated heterocycles. The molecule has 0 spiro atoms. The van der Waals surface area contributed by atoms with Gasteiger partial charge >= 0.3 is 24.0 Å². The van der Waals surface area contributed by atoms with Crippen LogP contribution in [0.25, 0.3) is 0 Å². The number of esters is 2. The number of urea groups is 2. The molecule has 2 atom stereocenters. The van der Waals surface area contributed by atoms with Gasteiger partial charge < -0.3 is 9.47 Å². The van der Waals surface area contributed by atoms with Gasteiger partial charge in [0.2, 0.25) is 0 Å². The van der Waals surface area contributed by atoms with E-state index in [4.69, 9.17) is 9.47 Å². The zero-order valence-electron chi connectivity index (χ0n) is 22.5. The summed E-state index contributed by atoms with van der Waals surface area (Å²) in [6, 6.07) is 6.25. The van der Waals surface area contributed by atoms with Gasteiger partial charge in [-0.2, -0.15) is 0 Å². The smallest absolute Gasteiger partial charge is 0.358 e. The largest absolute Gasteiger partial charge is 0.463 e. The molecule has 42 heavy (non-hydrogen) atoms. The zero-order valence-corrected chi connectivity index (χ0v) is 22.5. The number of rotatable bonds is 6. The predicted octanol–water partition coefficient (Wildman–Crippen LogP) is 2.22. The van der Waals surface area contributed by atoms with Crippen LogP contribution in [0.5, 0.6) is 0 Å². The Balaban J connectivity index is 1.66. The van der Waals surface area contributed by atoms with Crippen LogP contribution in [-0.4, -0.2) is 78.0 Å². The van der Waals surface area contributed by atoms with Crippen LogP contribution in [0.1, 0.15) is 36.1 Å². The molecule has 16 heteroatoms. The molecule has 2 aromatic rings.